The van der Waals surface area contributed by atoms with Crippen molar-refractivity contribution >= 4 is 22.5 Å². The van der Waals surface area contributed by atoms with Gasteiger partial charge in [-0.15, -0.1) is 11.7 Å². The van der Waals surface area contributed by atoms with Crippen LogP contribution >= 0.6 is 22.5 Å². The van der Waals surface area contributed by atoms with Crippen molar-refractivity contribution in [1.82, 2.24) is 0 Å². The van der Waals surface area contributed by atoms with Gasteiger partial charge in [0.05, 0.1) is 6.61 Å². The van der Waals surface area contributed by atoms with Gasteiger partial charge in [-0.3, -0.25) is 0 Å². The molecule has 1 nitrogen and oxygen atoms in total. The van der Waals surface area contributed by atoms with Crippen LogP contribution in [0.15, 0.2) is 29.2 Å². The van der Waals surface area contributed by atoms with Gasteiger partial charge in [0.2, 0.25) is 0 Å². The Labute approximate surface area is 69.3 Å². The van der Waals surface area contributed by atoms with E-state index in [1.807, 2.05) is 24.3 Å². The Bertz CT molecular complexity index is 172. The molecule has 0 heterocycles. The predicted molar refractivity (Wildman–Crippen MR) is 47.2 cm³/mol. The highest BCUT2D eigenvalue weighted by Gasteiger charge is 1.90. The average Bonchev–Trinajstić information content (AvgIpc) is 2.05. The van der Waals surface area contributed by atoms with Crippen molar-refractivity contribution in [3.8, 4) is 0 Å². The number of thiol groups is 1. The van der Waals surface area contributed by atoms with Crippen LogP contribution in [-0.2, 0) is 6.61 Å². The van der Waals surface area contributed by atoms with Crippen LogP contribution < -0.4 is 0 Å². The molecule has 0 radical (unpaired) electrons. The topological polar surface area (TPSA) is 20.2 Å². The molecule has 0 amide bonds. The minimum absolute atomic E-state index is 0.109. The van der Waals surface area contributed by atoms with Crippen LogP contribution in [0.25, 0.3) is 0 Å². The monoisotopic (exact) mass is 172 g/mol. The zero-order chi connectivity index (χ0) is 7.40. The Morgan fingerprint density at radius 3 is 2.30 bits per heavy atom. The quantitative estimate of drug-likeness (QED) is 0.526. The van der Waals surface area contributed by atoms with Crippen molar-refractivity contribution < 1.29 is 5.11 Å². The highest BCUT2D eigenvalue weighted by molar-refractivity contribution is 8.68. The van der Waals surface area contributed by atoms with Crippen LogP contribution in [0.2, 0.25) is 0 Å². The molecule has 0 spiro atoms. The molecule has 0 saturated carbocycles. The molecule has 1 aromatic rings. The predicted octanol–water partition coefficient (Wildman–Crippen LogP) is 2.12. The van der Waals surface area contributed by atoms with E-state index in [9.17, 15) is 0 Å². The van der Waals surface area contributed by atoms with E-state index in [4.69, 9.17) is 5.11 Å². The lowest BCUT2D eigenvalue weighted by Crippen LogP contribution is -1.79. The minimum Gasteiger partial charge on any atom is -0.392 e. The number of hydrogen-bond acceptors (Lipinski definition) is 3. The summed E-state index contributed by atoms with van der Waals surface area (Å²) in [5.41, 5.74) is 0.936. The van der Waals surface area contributed by atoms with Crippen LogP contribution in [0.4, 0.5) is 0 Å². The Balaban J connectivity index is 2.80. The molecule has 3 heteroatoms. The molecule has 0 aliphatic heterocycles. The van der Waals surface area contributed by atoms with Gasteiger partial charge in [-0.2, -0.15) is 0 Å². The maximum absolute atomic E-state index is 8.68. The molecule has 10 heavy (non-hydrogen) atoms. The number of hydrogen-bond donors (Lipinski definition) is 2. The molecule has 0 saturated heterocycles. The zero-order valence-electron chi connectivity index (χ0n) is 5.32. The van der Waals surface area contributed by atoms with E-state index in [1.54, 1.807) is 0 Å². The van der Waals surface area contributed by atoms with Gasteiger partial charge >= 0.3 is 0 Å². The van der Waals surface area contributed by atoms with Crippen molar-refractivity contribution in [2.75, 3.05) is 0 Å². The first-order valence-electron chi connectivity index (χ1n) is 2.88. The lowest BCUT2D eigenvalue weighted by molar-refractivity contribution is 0.282. The Kier molecular flexibility index (Phi) is 3.12. The molecule has 0 aliphatic rings. The summed E-state index contributed by atoms with van der Waals surface area (Å²) >= 11 is 4.03. The van der Waals surface area contributed by atoms with Crippen molar-refractivity contribution in [2.24, 2.45) is 0 Å². The maximum Gasteiger partial charge on any atom is 0.0681 e. The number of aliphatic hydroxyl groups excluding tert-OH is 1. The Hall–Kier alpha value is -0.120. The van der Waals surface area contributed by atoms with Gasteiger partial charge in [-0.05, 0) is 17.7 Å². The summed E-state index contributed by atoms with van der Waals surface area (Å²) in [7, 11) is 1.40. The van der Waals surface area contributed by atoms with Crippen LogP contribution in [0.3, 0.4) is 0 Å². The second-order valence-electron chi connectivity index (χ2n) is 1.89. The van der Waals surface area contributed by atoms with E-state index >= 15 is 0 Å². The zero-order valence-corrected chi connectivity index (χ0v) is 7.03. The lowest BCUT2D eigenvalue weighted by Gasteiger charge is -1.96. The third kappa shape index (κ3) is 1.94. The van der Waals surface area contributed by atoms with Crippen LogP contribution in [0.1, 0.15) is 5.56 Å². The number of aliphatic hydroxyl groups is 1. The lowest BCUT2D eigenvalue weighted by atomic mass is 10.2. The number of rotatable bonds is 2. The second-order valence-corrected chi connectivity index (χ2v) is 3.10. The average molecular weight is 172 g/mol. The van der Waals surface area contributed by atoms with Gasteiger partial charge < -0.3 is 5.11 Å². The van der Waals surface area contributed by atoms with E-state index in [0.29, 0.717) is 0 Å². The van der Waals surface area contributed by atoms with Gasteiger partial charge in [-0.1, -0.05) is 22.9 Å². The van der Waals surface area contributed by atoms with Gasteiger partial charge in [0.25, 0.3) is 0 Å². The third-order valence-electron chi connectivity index (χ3n) is 1.21. The summed E-state index contributed by atoms with van der Waals surface area (Å²) in [6, 6.07) is 7.64. The fourth-order valence-electron chi connectivity index (χ4n) is 0.656. The Morgan fingerprint density at radius 1 is 1.30 bits per heavy atom. The van der Waals surface area contributed by atoms with E-state index in [-0.39, 0.29) is 6.61 Å². The Morgan fingerprint density at radius 2 is 1.90 bits per heavy atom. The molecule has 54 valence electrons. The molecule has 0 aliphatic carbocycles. The second kappa shape index (κ2) is 3.91. The highest BCUT2D eigenvalue weighted by Crippen LogP contribution is 2.20. The molecule has 0 unspecified atom stereocenters. The van der Waals surface area contributed by atoms with Crippen LogP contribution in [0.5, 0.6) is 0 Å². The number of benzene rings is 1. The largest absolute Gasteiger partial charge is 0.392 e. The molecular weight excluding hydrogens is 164 g/mol. The summed E-state index contributed by atoms with van der Waals surface area (Å²) in [6.45, 7) is 0.109. The highest BCUT2D eigenvalue weighted by atomic mass is 33.1. The van der Waals surface area contributed by atoms with Crippen molar-refractivity contribution in [2.45, 2.75) is 11.5 Å². The molecule has 1 N–H and O–H groups in total. The molecular formula is C7H8OS2. The van der Waals surface area contributed by atoms with Gasteiger partial charge in [0.1, 0.15) is 0 Å². The standard InChI is InChI=1S/C7H8OS2/c8-5-6-1-3-7(10-9)4-2-6/h1-4,8-9H,5H2. The summed E-state index contributed by atoms with van der Waals surface area (Å²) < 4.78 is 0. The van der Waals surface area contributed by atoms with Crippen molar-refractivity contribution in [1.29, 1.82) is 0 Å². The van der Waals surface area contributed by atoms with E-state index in [1.165, 1.54) is 10.8 Å². The smallest absolute Gasteiger partial charge is 0.0681 e. The van der Waals surface area contributed by atoms with Crippen molar-refractivity contribution in [3.63, 3.8) is 0 Å². The van der Waals surface area contributed by atoms with Crippen LogP contribution in [0, 0.1) is 0 Å². The fourth-order valence-corrected chi connectivity index (χ4v) is 1.28. The first-order valence-corrected chi connectivity index (χ1v) is 4.75. The first kappa shape index (κ1) is 7.98. The van der Waals surface area contributed by atoms with Crippen LogP contribution in [-0.4, -0.2) is 5.11 Å². The fraction of sp³-hybridized carbons (Fsp3) is 0.143. The van der Waals surface area contributed by atoms with E-state index in [2.05, 4.69) is 11.7 Å². The van der Waals surface area contributed by atoms with Gasteiger partial charge in [-0.25, -0.2) is 0 Å². The third-order valence-corrected chi connectivity index (χ3v) is 2.33. The summed E-state index contributed by atoms with van der Waals surface area (Å²) in [4.78, 5) is 1.10. The normalized spacial score (nSPS) is 9.80. The molecule has 0 aromatic heterocycles. The molecule has 0 atom stereocenters. The van der Waals surface area contributed by atoms with Gasteiger partial charge in [0.15, 0.2) is 0 Å². The minimum atomic E-state index is 0.109. The molecule has 0 fully saturated rings. The van der Waals surface area contributed by atoms with E-state index < -0.39 is 0 Å². The van der Waals surface area contributed by atoms with E-state index in [0.717, 1.165) is 10.5 Å². The SMILES string of the molecule is OCc1ccc(SS)cc1. The summed E-state index contributed by atoms with van der Waals surface area (Å²) in [5, 5.41) is 8.68. The van der Waals surface area contributed by atoms with Gasteiger partial charge in [0, 0.05) is 4.90 Å². The molecule has 1 aromatic carbocycles. The maximum atomic E-state index is 8.68. The molecule has 1 rings (SSSR count). The molecule has 0 bridgehead atoms. The first-order chi connectivity index (χ1) is 4.86. The van der Waals surface area contributed by atoms with Crippen molar-refractivity contribution in [3.05, 3.63) is 29.8 Å². The summed E-state index contributed by atoms with van der Waals surface area (Å²) in [5.74, 6) is 0. The summed E-state index contributed by atoms with van der Waals surface area (Å²) in [6.07, 6.45) is 0.